The fourth-order valence-electron chi connectivity index (χ4n) is 8.15. The van der Waals surface area contributed by atoms with Crippen LogP contribution in [0.2, 0.25) is 0 Å². The standard InChI is InChI=1S/C53H50/c1-32(2)41-26-28-43-45(30-41)49(39-22-14-35(5)15-23-39)51-48(38-20-12-34(4)13-21-38)44-29-27-42(53(7,8)9)31-46(44)50(40-24-16-36(6)17-25-40)52(51)47(43)37-18-10-33(3)11-19-37/h10-32H,1-9H3. The highest BCUT2D eigenvalue weighted by Gasteiger charge is 2.27. The summed E-state index contributed by atoms with van der Waals surface area (Å²) >= 11 is 0. The molecule has 0 bridgehead atoms. The molecule has 0 fully saturated rings. The van der Waals surface area contributed by atoms with Crippen LogP contribution in [0.5, 0.6) is 0 Å². The molecular formula is C53H50. The van der Waals surface area contributed by atoms with Crippen LogP contribution in [-0.2, 0) is 5.41 Å². The lowest BCUT2D eigenvalue weighted by Crippen LogP contribution is -2.11. The van der Waals surface area contributed by atoms with Gasteiger partial charge in [0, 0.05) is 0 Å². The monoisotopic (exact) mass is 686 g/mol. The second kappa shape index (κ2) is 13.2. The maximum Gasteiger partial charge on any atom is -0.000139 e. The van der Waals surface area contributed by atoms with Crippen molar-refractivity contribution in [3.05, 3.63) is 167 Å². The maximum absolute atomic E-state index is 2.50. The van der Waals surface area contributed by atoms with Crippen LogP contribution in [0, 0.1) is 27.7 Å². The smallest absolute Gasteiger partial charge is 0.000139 e. The fourth-order valence-corrected chi connectivity index (χ4v) is 8.15. The molecule has 0 saturated carbocycles. The Bertz CT molecular complexity index is 2640. The van der Waals surface area contributed by atoms with E-state index < -0.39 is 0 Å². The van der Waals surface area contributed by atoms with Crippen molar-refractivity contribution in [2.24, 2.45) is 0 Å². The van der Waals surface area contributed by atoms with Gasteiger partial charge < -0.3 is 0 Å². The van der Waals surface area contributed by atoms with Crippen LogP contribution in [0.15, 0.2) is 133 Å². The van der Waals surface area contributed by atoms with E-state index in [1.165, 1.54) is 110 Å². The van der Waals surface area contributed by atoms with E-state index in [2.05, 4.69) is 196 Å². The zero-order valence-electron chi connectivity index (χ0n) is 32.8. The van der Waals surface area contributed by atoms with Gasteiger partial charge in [-0.2, -0.15) is 0 Å². The SMILES string of the molecule is Cc1ccc(-c2c3ccc(C(C)C)cc3c(-c3ccc(C)cc3)c3c(-c4ccc(C)cc4)c4ccc(C(C)(C)C)cc4c(-c4ccc(C)cc4)c23)cc1. The highest BCUT2D eigenvalue weighted by molar-refractivity contribution is 6.34. The van der Waals surface area contributed by atoms with Crippen LogP contribution in [0.4, 0.5) is 0 Å². The quantitative estimate of drug-likeness (QED) is 0.158. The van der Waals surface area contributed by atoms with Gasteiger partial charge in [-0.05, 0) is 133 Å². The predicted molar refractivity (Wildman–Crippen MR) is 232 cm³/mol. The van der Waals surface area contributed by atoms with Crippen LogP contribution < -0.4 is 0 Å². The van der Waals surface area contributed by atoms with Crippen molar-refractivity contribution >= 4 is 32.3 Å². The van der Waals surface area contributed by atoms with Crippen molar-refractivity contribution in [2.75, 3.05) is 0 Å². The first-order chi connectivity index (χ1) is 25.4. The van der Waals surface area contributed by atoms with Gasteiger partial charge in [0.2, 0.25) is 0 Å². The Balaban J connectivity index is 1.77. The third kappa shape index (κ3) is 6.15. The molecule has 0 heteroatoms. The molecule has 0 atom stereocenters. The van der Waals surface area contributed by atoms with Gasteiger partial charge in [-0.3, -0.25) is 0 Å². The molecule has 0 heterocycles. The Morgan fingerprint density at radius 3 is 1.02 bits per heavy atom. The molecule has 0 aliphatic heterocycles. The van der Waals surface area contributed by atoms with Gasteiger partial charge in [-0.1, -0.05) is 184 Å². The predicted octanol–water partition coefficient (Wildman–Crippen LogP) is 15.5. The molecule has 0 N–H and O–H groups in total. The summed E-state index contributed by atoms with van der Waals surface area (Å²) in [5.41, 5.74) is 17.9. The topological polar surface area (TPSA) is 0 Å². The number of rotatable bonds is 5. The Labute approximate surface area is 316 Å². The summed E-state index contributed by atoms with van der Waals surface area (Å²) in [6.07, 6.45) is 0. The molecule has 0 amide bonds. The molecule has 8 aromatic rings. The van der Waals surface area contributed by atoms with Crippen molar-refractivity contribution < 1.29 is 0 Å². The molecule has 0 nitrogen and oxygen atoms in total. The van der Waals surface area contributed by atoms with Gasteiger partial charge in [0.05, 0.1) is 0 Å². The summed E-state index contributed by atoms with van der Waals surface area (Å²) in [4.78, 5) is 0. The number of aryl methyl sites for hydroxylation is 4. The Morgan fingerprint density at radius 1 is 0.358 bits per heavy atom. The zero-order chi connectivity index (χ0) is 37.2. The maximum atomic E-state index is 2.50. The normalized spacial score (nSPS) is 12.0. The zero-order valence-corrected chi connectivity index (χ0v) is 32.8. The summed E-state index contributed by atoms with van der Waals surface area (Å²) in [5.74, 6) is 0.399. The minimum absolute atomic E-state index is 0.0127. The number of hydrogen-bond acceptors (Lipinski definition) is 0. The van der Waals surface area contributed by atoms with Crippen LogP contribution in [0.1, 0.15) is 73.9 Å². The fraction of sp³-hybridized carbons (Fsp3) is 0.208. The lowest BCUT2D eigenvalue weighted by atomic mass is 9.76. The van der Waals surface area contributed by atoms with Crippen LogP contribution in [-0.4, -0.2) is 0 Å². The van der Waals surface area contributed by atoms with Gasteiger partial charge in [0.1, 0.15) is 0 Å². The van der Waals surface area contributed by atoms with Gasteiger partial charge in [0.25, 0.3) is 0 Å². The minimum Gasteiger partial charge on any atom is -0.0587 e. The number of fused-ring (bicyclic) bond motifs is 3. The molecule has 8 rings (SSSR count). The largest absolute Gasteiger partial charge is 0.0587 e. The lowest BCUT2D eigenvalue weighted by Gasteiger charge is -2.27. The highest BCUT2D eigenvalue weighted by atomic mass is 14.3. The minimum atomic E-state index is -0.0127. The van der Waals surface area contributed by atoms with Crippen LogP contribution in [0.25, 0.3) is 76.8 Å². The third-order valence-electron chi connectivity index (χ3n) is 11.3. The average Bonchev–Trinajstić information content (AvgIpc) is 3.14. The van der Waals surface area contributed by atoms with E-state index in [0.29, 0.717) is 5.92 Å². The van der Waals surface area contributed by atoms with Crippen molar-refractivity contribution in [3.63, 3.8) is 0 Å². The van der Waals surface area contributed by atoms with Crippen LogP contribution in [0.3, 0.4) is 0 Å². The summed E-state index contributed by atoms with van der Waals surface area (Å²) in [6, 6.07) is 51.5. The molecule has 262 valence electrons. The van der Waals surface area contributed by atoms with Crippen molar-refractivity contribution in [3.8, 4) is 44.5 Å². The molecule has 0 radical (unpaired) electrons. The van der Waals surface area contributed by atoms with E-state index in [1.807, 2.05) is 0 Å². The lowest BCUT2D eigenvalue weighted by molar-refractivity contribution is 0.591. The summed E-state index contributed by atoms with van der Waals surface area (Å²) in [5, 5.41) is 7.80. The van der Waals surface area contributed by atoms with Gasteiger partial charge >= 0.3 is 0 Å². The Hall–Kier alpha value is -5.46. The first kappa shape index (κ1) is 34.6. The molecule has 53 heavy (non-hydrogen) atoms. The van der Waals surface area contributed by atoms with Crippen molar-refractivity contribution in [1.82, 2.24) is 0 Å². The van der Waals surface area contributed by atoms with E-state index in [-0.39, 0.29) is 5.41 Å². The van der Waals surface area contributed by atoms with Gasteiger partial charge in [0.15, 0.2) is 0 Å². The number of benzene rings is 8. The molecule has 0 aliphatic carbocycles. The van der Waals surface area contributed by atoms with E-state index in [1.54, 1.807) is 0 Å². The van der Waals surface area contributed by atoms with Crippen molar-refractivity contribution in [2.45, 2.75) is 73.6 Å². The van der Waals surface area contributed by atoms with Crippen LogP contribution >= 0.6 is 0 Å². The Kier molecular flexibility index (Phi) is 8.62. The second-order valence-electron chi connectivity index (χ2n) is 16.7. The molecule has 0 saturated heterocycles. The first-order valence-corrected chi connectivity index (χ1v) is 19.2. The van der Waals surface area contributed by atoms with E-state index in [4.69, 9.17) is 0 Å². The van der Waals surface area contributed by atoms with Gasteiger partial charge in [-0.15, -0.1) is 0 Å². The average molecular weight is 687 g/mol. The van der Waals surface area contributed by atoms with Gasteiger partial charge in [-0.25, -0.2) is 0 Å². The summed E-state index contributed by atoms with van der Waals surface area (Å²) in [7, 11) is 0. The molecule has 0 aliphatic rings. The van der Waals surface area contributed by atoms with E-state index in [0.717, 1.165) is 0 Å². The second-order valence-corrected chi connectivity index (χ2v) is 16.7. The summed E-state index contributed by atoms with van der Waals surface area (Å²) < 4.78 is 0. The Morgan fingerprint density at radius 2 is 0.679 bits per heavy atom. The molecule has 0 spiro atoms. The van der Waals surface area contributed by atoms with E-state index >= 15 is 0 Å². The highest BCUT2D eigenvalue weighted by Crippen LogP contribution is 2.54. The molecular weight excluding hydrogens is 637 g/mol. The first-order valence-electron chi connectivity index (χ1n) is 19.2. The molecule has 0 aromatic heterocycles. The molecule has 8 aromatic carbocycles. The summed E-state index contributed by atoms with van der Waals surface area (Å²) in [6.45, 7) is 20.3. The van der Waals surface area contributed by atoms with Crippen molar-refractivity contribution in [1.29, 1.82) is 0 Å². The third-order valence-corrected chi connectivity index (χ3v) is 11.3. The van der Waals surface area contributed by atoms with E-state index in [9.17, 15) is 0 Å². The molecule has 0 unspecified atom stereocenters. The number of hydrogen-bond donors (Lipinski definition) is 0.